The van der Waals surface area contributed by atoms with Crippen LogP contribution in [0.25, 0.3) is 0 Å². The molecule has 2 rings (SSSR count). The highest BCUT2D eigenvalue weighted by atomic mass is 16.6. The first-order valence-electron chi connectivity index (χ1n) is 7.02. The second-order valence-corrected chi connectivity index (χ2v) is 6.85. The van der Waals surface area contributed by atoms with Crippen molar-refractivity contribution in [1.29, 1.82) is 0 Å². The number of amides is 1. The van der Waals surface area contributed by atoms with Crippen molar-refractivity contribution >= 4 is 12.1 Å². The summed E-state index contributed by atoms with van der Waals surface area (Å²) in [6.45, 7) is 6.40. The molecule has 0 aromatic rings. The fourth-order valence-corrected chi connectivity index (χ4v) is 3.17. The Kier molecular flexibility index (Phi) is 3.95. The zero-order valence-corrected chi connectivity index (χ0v) is 12.3. The molecular formula is C14H23NO5. The highest BCUT2D eigenvalue weighted by Crippen LogP contribution is 2.50. The van der Waals surface area contributed by atoms with E-state index in [1.807, 2.05) is 20.8 Å². The van der Waals surface area contributed by atoms with Gasteiger partial charge in [0.2, 0.25) is 0 Å². The Hall–Kier alpha value is -1.30. The Labute approximate surface area is 118 Å². The summed E-state index contributed by atoms with van der Waals surface area (Å²) >= 11 is 0. The maximum absolute atomic E-state index is 11.7. The number of alkyl carbamates (subject to hydrolysis) is 1. The lowest BCUT2D eigenvalue weighted by Crippen LogP contribution is -2.59. The van der Waals surface area contributed by atoms with Gasteiger partial charge in [-0.25, -0.2) is 4.79 Å². The Bertz CT molecular complexity index is 395. The van der Waals surface area contributed by atoms with Crippen molar-refractivity contribution in [2.75, 3.05) is 13.2 Å². The lowest BCUT2D eigenvalue weighted by atomic mass is 9.57. The third-order valence-electron chi connectivity index (χ3n) is 4.00. The lowest BCUT2D eigenvalue weighted by molar-refractivity contribution is -0.166. The second kappa shape index (κ2) is 5.24. The number of carboxylic acid groups (broad SMARTS) is 1. The zero-order valence-electron chi connectivity index (χ0n) is 12.3. The van der Waals surface area contributed by atoms with Crippen molar-refractivity contribution in [1.82, 2.24) is 5.32 Å². The minimum absolute atomic E-state index is 0.0200. The standard InChI is InChI=1S/C14H23NO5/c1-13(2,3)20-12(18)15-9-6-14(7-9)8-19-5-4-10(14)11(16)17/h9-10H,4-8H2,1-3H3,(H,15,18)(H,16,17). The summed E-state index contributed by atoms with van der Waals surface area (Å²) in [5.41, 5.74) is -0.840. The molecule has 1 saturated carbocycles. The fourth-order valence-electron chi connectivity index (χ4n) is 3.17. The van der Waals surface area contributed by atoms with Crippen LogP contribution >= 0.6 is 0 Å². The van der Waals surface area contributed by atoms with Crippen molar-refractivity contribution in [2.45, 2.75) is 51.7 Å². The van der Waals surface area contributed by atoms with Crippen LogP contribution in [-0.2, 0) is 14.3 Å². The Morgan fingerprint density at radius 1 is 1.35 bits per heavy atom. The predicted octanol–water partition coefficient (Wildman–Crippen LogP) is 1.78. The number of carboxylic acids is 1. The lowest BCUT2D eigenvalue weighted by Gasteiger charge is -2.52. The first kappa shape index (κ1) is 15.1. The average Bonchev–Trinajstić information content (AvgIpc) is 2.24. The zero-order chi connectivity index (χ0) is 15.0. The Morgan fingerprint density at radius 2 is 2.00 bits per heavy atom. The molecule has 1 heterocycles. The smallest absolute Gasteiger partial charge is 0.407 e. The van der Waals surface area contributed by atoms with E-state index in [0.717, 1.165) is 0 Å². The van der Waals surface area contributed by atoms with Gasteiger partial charge in [0.25, 0.3) is 0 Å². The molecule has 1 saturated heterocycles. The largest absolute Gasteiger partial charge is 0.481 e. The van der Waals surface area contributed by atoms with Crippen LogP contribution in [0.2, 0.25) is 0 Å². The molecule has 114 valence electrons. The van der Waals surface area contributed by atoms with Crippen molar-refractivity contribution in [2.24, 2.45) is 11.3 Å². The van der Waals surface area contributed by atoms with Crippen LogP contribution in [0.4, 0.5) is 4.79 Å². The monoisotopic (exact) mass is 285 g/mol. The minimum Gasteiger partial charge on any atom is -0.481 e. The number of rotatable bonds is 2. The number of hydrogen-bond donors (Lipinski definition) is 2. The molecule has 6 nitrogen and oxygen atoms in total. The molecule has 1 unspecified atom stereocenters. The minimum atomic E-state index is -0.760. The highest BCUT2D eigenvalue weighted by Gasteiger charge is 2.54. The first-order chi connectivity index (χ1) is 9.22. The maximum atomic E-state index is 11.7. The molecule has 1 atom stereocenters. The molecule has 1 aliphatic heterocycles. The summed E-state index contributed by atoms with van der Waals surface area (Å²) in [5.74, 6) is -1.13. The Morgan fingerprint density at radius 3 is 2.55 bits per heavy atom. The summed E-state index contributed by atoms with van der Waals surface area (Å²) in [6.07, 6.45) is 1.39. The maximum Gasteiger partial charge on any atom is 0.407 e. The van der Waals surface area contributed by atoms with Gasteiger partial charge >= 0.3 is 12.1 Å². The molecule has 0 aromatic heterocycles. The summed E-state index contributed by atoms with van der Waals surface area (Å²) in [7, 11) is 0. The van der Waals surface area contributed by atoms with Gasteiger partial charge in [0.15, 0.2) is 0 Å². The molecule has 2 N–H and O–H groups in total. The molecule has 1 amide bonds. The van der Waals surface area contributed by atoms with Crippen LogP contribution in [-0.4, -0.2) is 42.0 Å². The topological polar surface area (TPSA) is 84.9 Å². The third kappa shape index (κ3) is 3.23. The average molecular weight is 285 g/mol. The molecule has 0 radical (unpaired) electrons. The molecule has 0 bridgehead atoms. The van der Waals surface area contributed by atoms with Crippen molar-refractivity contribution in [3.8, 4) is 0 Å². The summed E-state index contributed by atoms with van der Waals surface area (Å²) in [5, 5.41) is 12.1. The van der Waals surface area contributed by atoms with Crippen LogP contribution < -0.4 is 5.32 Å². The number of carbonyl (C=O) groups excluding carboxylic acids is 1. The van der Waals surface area contributed by atoms with Gasteiger partial charge in [-0.15, -0.1) is 0 Å². The van der Waals surface area contributed by atoms with E-state index in [9.17, 15) is 14.7 Å². The van der Waals surface area contributed by atoms with Crippen molar-refractivity contribution in [3.63, 3.8) is 0 Å². The summed E-state index contributed by atoms with van der Waals surface area (Å²) in [6, 6.07) is -0.0200. The van der Waals surface area contributed by atoms with Gasteiger partial charge in [0, 0.05) is 18.1 Å². The van der Waals surface area contributed by atoms with Gasteiger partial charge in [0.1, 0.15) is 5.60 Å². The van der Waals surface area contributed by atoms with Gasteiger partial charge in [-0.3, -0.25) is 4.79 Å². The van der Waals surface area contributed by atoms with Crippen molar-refractivity contribution < 1.29 is 24.2 Å². The van der Waals surface area contributed by atoms with E-state index >= 15 is 0 Å². The molecule has 2 aliphatic rings. The molecule has 1 aliphatic carbocycles. The summed E-state index contributed by atoms with van der Waals surface area (Å²) in [4.78, 5) is 23.0. The third-order valence-corrected chi connectivity index (χ3v) is 4.00. The Balaban J connectivity index is 1.86. The normalized spacial score (nSPS) is 33.4. The SMILES string of the molecule is CC(C)(C)OC(=O)NC1CC2(COCCC2C(=O)O)C1. The van der Waals surface area contributed by atoms with Crippen molar-refractivity contribution in [3.05, 3.63) is 0 Å². The number of carbonyl (C=O) groups is 2. The van der Waals surface area contributed by atoms with Gasteiger partial charge in [-0.2, -0.15) is 0 Å². The van der Waals surface area contributed by atoms with E-state index in [-0.39, 0.29) is 17.4 Å². The van der Waals surface area contributed by atoms with E-state index in [4.69, 9.17) is 9.47 Å². The summed E-state index contributed by atoms with van der Waals surface area (Å²) < 4.78 is 10.6. The van der Waals surface area contributed by atoms with Gasteiger partial charge < -0.3 is 19.9 Å². The van der Waals surface area contributed by atoms with Crippen LogP contribution in [0, 0.1) is 11.3 Å². The van der Waals surface area contributed by atoms with Crippen LogP contribution in [0.15, 0.2) is 0 Å². The van der Waals surface area contributed by atoms with E-state index in [2.05, 4.69) is 5.32 Å². The van der Waals surface area contributed by atoms with E-state index in [0.29, 0.717) is 32.5 Å². The molecule has 6 heteroatoms. The predicted molar refractivity (Wildman–Crippen MR) is 71.4 cm³/mol. The number of aliphatic carboxylic acids is 1. The number of ether oxygens (including phenoxy) is 2. The second-order valence-electron chi connectivity index (χ2n) is 6.85. The van der Waals surface area contributed by atoms with E-state index < -0.39 is 17.7 Å². The highest BCUT2D eigenvalue weighted by molar-refractivity contribution is 5.72. The molecular weight excluding hydrogens is 262 g/mol. The molecule has 1 spiro atoms. The van der Waals surface area contributed by atoms with Gasteiger partial charge in [0.05, 0.1) is 12.5 Å². The molecule has 0 aromatic carbocycles. The van der Waals surface area contributed by atoms with Crippen LogP contribution in [0.3, 0.4) is 0 Å². The number of nitrogens with one attached hydrogen (secondary N) is 1. The fraction of sp³-hybridized carbons (Fsp3) is 0.857. The quantitative estimate of drug-likeness (QED) is 0.808. The number of hydrogen-bond acceptors (Lipinski definition) is 4. The van der Waals surface area contributed by atoms with Crippen LogP contribution in [0.1, 0.15) is 40.0 Å². The van der Waals surface area contributed by atoms with E-state index in [1.165, 1.54) is 0 Å². The molecule has 2 fully saturated rings. The van der Waals surface area contributed by atoms with Crippen LogP contribution in [0.5, 0.6) is 0 Å². The molecule has 20 heavy (non-hydrogen) atoms. The first-order valence-corrected chi connectivity index (χ1v) is 7.02. The van der Waals surface area contributed by atoms with Gasteiger partial charge in [-0.1, -0.05) is 0 Å². The van der Waals surface area contributed by atoms with E-state index in [1.54, 1.807) is 0 Å². The van der Waals surface area contributed by atoms with Gasteiger partial charge in [-0.05, 0) is 40.0 Å².